The van der Waals surface area contributed by atoms with Crippen molar-refractivity contribution in [3.05, 3.63) is 215 Å². The highest BCUT2D eigenvalue weighted by molar-refractivity contribution is 8.00. The molecule has 0 fully saturated rings. The van der Waals surface area contributed by atoms with Crippen molar-refractivity contribution in [2.75, 3.05) is 9.80 Å². The van der Waals surface area contributed by atoms with Crippen LogP contribution in [0.3, 0.4) is 0 Å². The topological polar surface area (TPSA) is 6.48 Å². The van der Waals surface area contributed by atoms with Crippen LogP contribution in [0.25, 0.3) is 34.4 Å². The van der Waals surface area contributed by atoms with Gasteiger partial charge in [-0.3, -0.25) is 0 Å². The van der Waals surface area contributed by atoms with Crippen molar-refractivity contribution in [3.63, 3.8) is 0 Å². The summed E-state index contributed by atoms with van der Waals surface area (Å²) < 4.78 is 0. The Balaban J connectivity index is 1.06. The van der Waals surface area contributed by atoms with E-state index in [-0.39, 0.29) is 0 Å². The summed E-state index contributed by atoms with van der Waals surface area (Å²) >= 11 is 3.74. The first-order valence-corrected chi connectivity index (χ1v) is 26.8. The fraction of sp³-hybridized carbons (Fsp3) is 0.103. The van der Waals surface area contributed by atoms with Gasteiger partial charge >= 0.3 is 0 Å². The minimum absolute atomic E-state index is 0.301. The first-order valence-electron chi connectivity index (χ1n) is 22.0. The van der Waals surface area contributed by atoms with Gasteiger partial charge in [0, 0.05) is 42.0 Å². The lowest BCUT2D eigenvalue weighted by Gasteiger charge is -2.40. The average molecular weight is 863 g/mol. The van der Waals surface area contributed by atoms with Gasteiger partial charge in [0.2, 0.25) is 0 Å². The van der Waals surface area contributed by atoms with Gasteiger partial charge in [0.1, 0.15) is 0 Å². The number of hydrogen-bond donors (Lipinski definition) is 0. The fourth-order valence-electron chi connectivity index (χ4n) is 11.3. The number of fused-ring (bicyclic) bond motifs is 6. The maximum Gasteiger partial charge on any atom is 0.0722 e. The molecule has 2 atom stereocenters. The molecular weight excluding hydrogens is 817 g/mol. The predicted octanol–water partition coefficient (Wildman–Crippen LogP) is 17.4. The molecule has 0 saturated carbocycles. The van der Waals surface area contributed by atoms with Crippen molar-refractivity contribution in [2.45, 2.75) is 57.6 Å². The van der Waals surface area contributed by atoms with Crippen LogP contribution in [-0.4, -0.2) is 8.07 Å². The molecule has 63 heavy (non-hydrogen) atoms. The third-order valence-electron chi connectivity index (χ3n) is 13.7. The van der Waals surface area contributed by atoms with E-state index in [2.05, 4.69) is 231 Å². The Labute approximate surface area is 380 Å². The van der Waals surface area contributed by atoms with Crippen molar-refractivity contribution in [3.8, 4) is 22.3 Å². The van der Waals surface area contributed by atoms with Gasteiger partial charge in [-0.2, -0.15) is 0 Å². The van der Waals surface area contributed by atoms with Gasteiger partial charge < -0.3 is 9.80 Å². The lowest BCUT2D eigenvalue weighted by Crippen LogP contribution is -2.42. The number of benzene rings is 8. The molecule has 2 aliphatic carbocycles. The molecule has 304 valence electrons. The fourth-order valence-corrected chi connectivity index (χ4v) is 18.4. The van der Waals surface area contributed by atoms with Crippen molar-refractivity contribution < 1.29 is 0 Å². The second kappa shape index (κ2) is 14.9. The van der Waals surface area contributed by atoms with Crippen LogP contribution in [0.5, 0.6) is 0 Å². The minimum atomic E-state index is -2.33. The van der Waals surface area contributed by atoms with Crippen molar-refractivity contribution >= 4 is 77.9 Å². The van der Waals surface area contributed by atoms with E-state index in [1.165, 1.54) is 109 Å². The molecule has 12 rings (SSSR count). The number of anilines is 6. The number of nitrogens with zero attached hydrogens (tertiary/aromatic N) is 2. The molecule has 2 aliphatic heterocycles. The van der Waals surface area contributed by atoms with Crippen LogP contribution in [-0.2, 0) is 0 Å². The summed E-state index contributed by atoms with van der Waals surface area (Å²) in [7, 11) is -2.33. The summed E-state index contributed by atoms with van der Waals surface area (Å²) in [6.45, 7) is 10.2. The van der Waals surface area contributed by atoms with Gasteiger partial charge in [-0.25, -0.2) is 0 Å². The molecule has 0 N–H and O–H groups in total. The molecule has 8 aromatic carbocycles. The molecule has 8 aromatic rings. The van der Waals surface area contributed by atoms with E-state index in [9.17, 15) is 0 Å². The van der Waals surface area contributed by atoms with E-state index < -0.39 is 8.07 Å². The molecule has 0 aromatic heterocycles. The Bertz CT molecular complexity index is 2900. The normalized spacial score (nSPS) is 16.9. The first-order chi connectivity index (χ1) is 30.8. The smallest absolute Gasteiger partial charge is 0.0722 e. The summed E-state index contributed by atoms with van der Waals surface area (Å²) in [6, 6.07) is 67.8. The molecule has 0 radical (unpaired) electrons. The largest absolute Gasteiger partial charge is 0.308 e. The molecule has 0 spiro atoms. The summed E-state index contributed by atoms with van der Waals surface area (Å²) in [4.78, 5) is 10.2. The van der Waals surface area contributed by atoms with Crippen molar-refractivity contribution in [1.29, 1.82) is 0 Å². The lowest BCUT2D eigenvalue weighted by atomic mass is 9.95. The molecule has 2 unspecified atom stereocenters. The molecule has 0 saturated heterocycles. The van der Waals surface area contributed by atoms with Crippen LogP contribution in [0, 0.1) is 0 Å². The van der Waals surface area contributed by atoms with E-state index in [0.717, 1.165) is 0 Å². The third kappa shape index (κ3) is 6.16. The lowest BCUT2D eigenvalue weighted by molar-refractivity contribution is 0.967. The second-order valence-electron chi connectivity index (χ2n) is 17.9. The van der Waals surface area contributed by atoms with Gasteiger partial charge in [0.25, 0.3) is 0 Å². The first kappa shape index (κ1) is 38.4. The summed E-state index contributed by atoms with van der Waals surface area (Å²) in [5.74, 6) is 0. The Hall–Kier alpha value is -6.24. The van der Waals surface area contributed by atoms with E-state index in [1.807, 2.05) is 23.5 Å². The van der Waals surface area contributed by atoms with E-state index in [0.29, 0.717) is 11.1 Å². The number of para-hydroxylation sites is 4. The Morgan fingerprint density at radius 3 is 1.06 bits per heavy atom. The van der Waals surface area contributed by atoms with E-state index >= 15 is 0 Å². The standard InChI is InChI=1S/C58H46N2S2Si/c1-37-31-45-43(39-19-7-5-8-20-39)33-41(59-49-23-11-15-27-53(49)61-54-28-16-12-24-50(54)59)35-47(45)57(37)63(3,4)58-38(2)32-46-44(40-21-9-6-10-22-40)34-42(36-48(46)58)60-51-25-13-17-29-55(51)62-56-30-18-14-26-52(56)60/h5-36,57-58H,1-4H3. The quantitative estimate of drug-likeness (QED) is 0.154. The molecule has 5 heteroatoms. The number of hydrogen-bond acceptors (Lipinski definition) is 4. The Morgan fingerprint density at radius 1 is 0.397 bits per heavy atom. The maximum atomic E-state index is 2.68. The monoisotopic (exact) mass is 862 g/mol. The van der Waals surface area contributed by atoms with Crippen molar-refractivity contribution in [2.24, 2.45) is 0 Å². The predicted molar refractivity (Wildman–Crippen MR) is 272 cm³/mol. The molecular formula is C58H46N2S2Si. The number of allylic oxidation sites excluding steroid dienone is 2. The highest BCUT2D eigenvalue weighted by Gasteiger charge is 2.48. The SMILES string of the molecule is CC1=Cc2c(-c3ccccc3)cc(N3c4ccccc4Sc4ccccc43)cc2C1[Si](C)(C)C1C(C)=Cc2c(-c3ccccc3)cc(N3c4ccccc4Sc4ccccc43)cc21. The maximum absolute atomic E-state index is 2.68. The van der Waals surface area contributed by atoms with Crippen molar-refractivity contribution in [1.82, 2.24) is 0 Å². The van der Waals surface area contributed by atoms with Crippen LogP contribution in [0.4, 0.5) is 34.1 Å². The van der Waals surface area contributed by atoms with Gasteiger partial charge in [-0.15, -0.1) is 0 Å². The Morgan fingerprint density at radius 2 is 0.714 bits per heavy atom. The minimum Gasteiger partial charge on any atom is -0.308 e. The molecule has 0 amide bonds. The summed E-state index contributed by atoms with van der Waals surface area (Å²) in [6.07, 6.45) is 5.07. The highest BCUT2D eigenvalue weighted by atomic mass is 32.2. The van der Waals surface area contributed by atoms with Crippen LogP contribution in [0.15, 0.2) is 213 Å². The third-order valence-corrected chi connectivity index (χ3v) is 20.5. The van der Waals surface area contributed by atoms with Gasteiger partial charge in [0.05, 0.1) is 30.8 Å². The Kier molecular flexibility index (Phi) is 9.12. The molecule has 2 nitrogen and oxygen atoms in total. The molecule has 4 aliphatic rings. The second-order valence-corrected chi connectivity index (χ2v) is 24.9. The van der Waals surface area contributed by atoms with Gasteiger partial charge in [0.15, 0.2) is 0 Å². The zero-order valence-corrected chi connectivity index (χ0v) is 38.5. The average Bonchev–Trinajstić information content (AvgIpc) is 3.85. The van der Waals surface area contributed by atoms with E-state index in [1.54, 1.807) is 0 Å². The molecule has 2 heterocycles. The number of rotatable bonds is 6. The van der Waals surface area contributed by atoms with Crippen LogP contribution in [0.2, 0.25) is 13.1 Å². The van der Waals surface area contributed by atoms with Crippen LogP contribution < -0.4 is 9.80 Å². The highest BCUT2D eigenvalue weighted by Crippen LogP contribution is 2.59. The van der Waals surface area contributed by atoms with Gasteiger partial charge in [-0.1, -0.05) is 169 Å². The summed E-state index contributed by atoms with van der Waals surface area (Å²) in [5, 5.41) is 0. The van der Waals surface area contributed by atoms with Crippen LogP contribution in [0.1, 0.15) is 47.2 Å². The van der Waals surface area contributed by atoms with Crippen LogP contribution >= 0.6 is 23.5 Å². The van der Waals surface area contributed by atoms with Gasteiger partial charge in [-0.05, 0) is 131 Å². The zero-order chi connectivity index (χ0) is 42.4. The molecule has 0 bridgehead atoms. The zero-order valence-electron chi connectivity index (χ0n) is 35.8. The van der Waals surface area contributed by atoms with E-state index in [4.69, 9.17) is 0 Å². The summed E-state index contributed by atoms with van der Waals surface area (Å²) in [5.41, 5.74) is 21.7.